The Kier molecular flexibility index (Phi) is 1.47. The van der Waals surface area contributed by atoms with Crippen molar-refractivity contribution in [1.29, 1.82) is 0 Å². The molecule has 1 aromatic heterocycles. The fourth-order valence-corrected chi connectivity index (χ4v) is 2.68. The number of thiophene rings is 1. The summed E-state index contributed by atoms with van der Waals surface area (Å²) in [6.45, 7) is 3.32. The van der Waals surface area contributed by atoms with Gasteiger partial charge in [-0.05, 0) is 13.0 Å². The van der Waals surface area contributed by atoms with Crippen LogP contribution in [0.4, 0.5) is 5.00 Å². The number of nitrogens with one attached hydrogen (secondary N) is 1. The van der Waals surface area contributed by atoms with Crippen LogP contribution in [0.15, 0.2) is 11.1 Å². The van der Waals surface area contributed by atoms with Crippen LogP contribution in [0.3, 0.4) is 0 Å². The molecule has 4 nitrogen and oxygen atoms in total. The summed E-state index contributed by atoms with van der Waals surface area (Å²) in [7, 11) is 0. The summed E-state index contributed by atoms with van der Waals surface area (Å²) in [4.78, 5) is 18.8. The topological polar surface area (TPSA) is 44.7 Å². The van der Waals surface area contributed by atoms with Gasteiger partial charge in [0.15, 0.2) is 0 Å². The summed E-state index contributed by atoms with van der Waals surface area (Å²) in [5, 5.41) is 3.79. The molecule has 2 aliphatic rings. The fourth-order valence-electron chi connectivity index (χ4n) is 1.79. The highest BCUT2D eigenvalue weighted by molar-refractivity contribution is 7.16. The number of carbonyl (C=O) groups is 1. The summed E-state index contributed by atoms with van der Waals surface area (Å²) in [5.74, 6) is 0.750. The molecule has 0 unspecified atom stereocenters. The molecule has 1 N–H and O–H groups in total. The number of amides is 1. The molecule has 0 saturated carbocycles. The van der Waals surface area contributed by atoms with Crippen molar-refractivity contribution in [1.82, 2.24) is 10.2 Å². The predicted octanol–water partition coefficient (Wildman–Crippen LogP) is 0.989. The Morgan fingerprint density at radius 2 is 2.43 bits per heavy atom. The molecule has 0 atom stereocenters. The molecule has 2 aliphatic heterocycles. The number of rotatable bonds is 0. The lowest BCUT2D eigenvalue weighted by Gasteiger charge is -2.19. The second-order valence-electron chi connectivity index (χ2n) is 3.53. The molecule has 3 rings (SSSR count). The summed E-state index contributed by atoms with van der Waals surface area (Å²) >= 11 is 1.67. The SMILES string of the molecule is Cc1cc2c(s1)N=C1NC(=O)CN1C2. The van der Waals surface area contributed by atoms with Crippen LogP contribution >= 0.6 is 11.3 Å². The Bertz CT molecular complexity index is 449. The maximum Gasteiger partial charge on any atom is 0.246 e. The normalized spacial score (nSPS) is 18.8. The summed E-state index contributed by atoms with van der Waals surface area (Å²) in [6, 6.07) is 2.14. The highest BCUT2D eigenvalue weighted by Crippen LogP contribution is 2.34. The Balaban J connectivity index is 2.06. The van der Waals surface area contributed by atoms with Gasteiger partial charge in [-0.2, -0.15) is 0 Å². The molecule has 5 heteroatoms. The van der Waals surface area contributed by atoms with Gasteiger partial charge in [0.05, 0.1) is 0 Å². The molecular weight excluding hydrogens is 198 g/mol. The molecule has 0 spiro atoms. The van der Waals surface area contributed by atoms with Gasteiger partial charge in [0.1, 0.15) is 11.5 Å². The van der Waals surface area contributed by atoms with Crippen molar-refractivity contribution in [2.24, 2.45) is 4.99 Å². The average Bonchev–Trinajstić information content (AvgIpc) is 2.59. The van der Waals surface area contributed by atoms with Crippen molar-refractivity contribution < 1.29 is 4.79 Å². The molecule has 1 amide bonds. The zero-order valence-electron chi connectivity index (χ0n) is 7.70. The van der Waals surface area contributed by atoms with Gasteiger partial charge in [0.25, 0.3) is 0 Å². The van der Waals surface area contributed by atoms with Crippen LogP contribution in [0.1, 0.15) is 10.4 Å². The van der Waals surface area contributed by atoms with E-state index in [1.54, 1.807) is 11.3 Å². The number of aryl methyl sites for hydroxylation is 1. The van der Waals surface area contributed by atoms with Gasteiger partial charge < -0.3 is 4.90 Å². The minimum Gasteiger partial charge on any atom is -0.329 e. The lowest BCUT2D eigenvalue weighted by Crippen LogP contribution is -2.31. The molecule has 1 fully saturated rings. The van der Waals surface area contributed by atoms with E-state index in [1.165, 1.54) is 10.4 Å². The number of fused-ring (bicyclic) bond motifs is 2. The second kappa shape index (κ2) is 2.57. The molecule has 0 bridgehead atoms. The van der Waals surface area contributed by atoms with Crippen LogP contribution in [-0.2, 0) is 11.3 Å². The number of carbonyl (C=O) groups excluding carboxylic acids is 1. The lowest BCUT2D eigenvalue weighted by molar-refractivity contribution is -0.118. The van der Waals surface area contributed by atoms with E-state index in [-0.39, 0.29) is 5.91 Å². The van der Waals surface area contributed by atoms with Gasteiger partial charge in [0.2, 0.25) is 11.9 Å². The molecular formula is C9H9N3OS. The first-order chi connectivity index (χ1) is 6.72. The minimum absolute atomic E-state index is 0.0376. The standard InChI is InChI=1S/C9H9N3OS/c1-5-2-6-3-12-4-7(13)10-9(12)11-8(6)14-5/h2H,3-4H2,1H3,(H,10,11,13). The smallest absolute Gasteiger partial charge is 0.246 e. The fraction of sp³-hybridized carbons (Fsp3) is 0.333. The van der Waals surface area contributed by atoms with Gasteiger partial charge in [0, 0.05) is 17.0 Å². The monoisotopic (exact) mass is 207 g/mol. The van der Waals surface area contributed by atoms with E-state index in [0.29, 0.717) is 12.5 Å². The Morgan fingerprint density at radius 1 is 1.57 bits per heavy atom. The van der Waals surface area contributed by atoms with E-state index in [0.717, 1.165) is 11.5 Å². The molecule has 0 aliphatic carbocycles. The van der Waals surface area contributed by atoms with Crippen molar-refractivity contribution in [3.8, 4) is 0 Å². The highest BCUT2D eigenvalue weighted by Gasteiger charge is 2.29. The Labute approximate surface area is 85.3 Å². The maximum atomic E-state index is 11.1. The van der Waals surface area contributed by atoms with Gasteiger partial charge in [-0.3, -0.25) is 10.1 Å². The quantitative estimate of drug-likeness (QED) is 0.689. The van der Waals surface area contributed by atoms with E-state index in [1.807, 2.05) is 4.90 Å². The lowest BCUT2D eigenvalue weighted by atomic mass is 10.2. The predicted molar refractivity (Wildman–Crippen MR) is 54.7 cm³/mol. The molecule has 14 heavy (non-hydrogen) atoms. The van der Waals surface area contributed by atoms with Gasteiger partial charge in [-0.25, -0.2) is 4.99 Å². The maximum absolute atomic E-state index is 11.1. The van der Waals surface area contributed by atoms with Crippen LogP contribution in [0.2, 0.25) is 0 Å². The van der Waals surface area contributed by atoms with Crippen LogP contribution in [-0.4, -0.2) is 23.3 Å². The van der Waals surface area contributed by atoms with Gasteiger partial charge in [-0.15, -0.1) is 11.3 Å². The van der Waals surface area contributed by atoms with E-state index in [4.69, 9.17) is 0 Å². The van der Waals surface area contributed by atoms with Crippen LogP contribution in [0, 0.1) is 6.92 Å². The number of aliphatic imine (C=N–C) groups is 1. The largest absolute Gasteiger partial charge is 0.329 e. The third-order valence-corrected chi connectivity index (χ3v) is 3.35. The molecule has 0 radical (unpaired) electrons. The first-order valence-electron chi connectivity index (χ1n) is 4.45. The average molecular weight is 207 g/mol. The van der Waals surface area contributed by atoms with E-state index >= 15 is 0 Å². The van der Waals surface area contributed by atoms with Crippen LogP contribution < -0.4 is 5.32 Å². The van der Waals surface area contributed by atoms with Gasteiger partial charge >= 0.3 is 0 Å². The Morgan fingerprint density at radius 3 is 3.29 bits per heavy atom. The van der Waals surface area contributed by atoms with Crippen molar-refractivity contribution >= 4 is 28.2 Å². The molecule has 1 saturated heterocycles. The summed E-state index contributed by atoms with van der Waals surface area (Å²) < 4.78 is 0. The van der Waals surface area contributed by atoms with E-state index in [9.17, 15) is 4.79 Å². The number of guanidine groups is 1. The van der Waals surface area contributed by atoms with Crippen LogP contribution in [0.5, 0.6) is 0 Å². The zero-order chi connectivity index (χ0) is 9.71. The molecule has 72 valence electrons. The second-order valence-corrected chi connectivity index (χ2v) is 4.76. The molecule has 1 aromatic rings. The highest BCUT2D eigenvalue weighted by atomic mass is 32.1. The Hall–Kier alpha value is -1.36. The first kappa shape index (κ1) is 7.99. The van der Waals surface area contributed by atoms with E-state index in [2.05, 4.69) is 23.3 Å². The summed E-state index contributed by atoms with van der Waals surface area (Å²) in [5.41, 5.74) is 1.23. The molecule has 0 aromatic carbocycles. The first-order valence-corrected chi connectivity index (χ1v) is 5.27. The van der Waals surface area contributed by atoms with Crippen molar-refractivity contribution in [3.63, 3.8) is 0 Å². The minimum atomic E-state index is 0.0376. The summed E-state index contributed by atoms with van der Waals surface area (Å²) in [6.07, 6.45) is 0. The van der Waals surface area contributed by atoms with Crippen LogP contribution in [0.25, 0.3) is 0 Å². The third-order valence-electron chi connectivity index (χ3n) is 2.36. The number of nitrogens with zero attached hydrogens (tertiary/aromatic N) is 2. The molecule has 3 heterocycles. The zero-order valence-corrected chi connectivity index (χ0v) is 8.52. The number of hydrogen-bond donors (Lipinski definition) is 1. The number of hydrogen-bond acceptors (Lipinski definition) is 4. The van der Waals surface area contributed by atoms with Crippen molar-refractivity contribution in [2.75, 3.05) is 6.54 Å². The van der Waals surface area contributed by atoms with Crippen molar-refractivity contribution in [2.45, 2.75) is 13.5 Å². The van der Waals surface area contributed by atoms with Gasteiger partial charge in [-0.1, -0.05) is 0 Å². The van der Waals surface area contributed by atoms with Crippen molar-refractivity contribution in [3.05, 3.63) is 16.5 Å². The van der Waals surface area contributed by atoms with E-state index < -0.39 is 0 Å². The third kappa shape index (κ3) is 1.05.